The first-order chi connectivity index (χ1) is 16.5. The summed E-state index contributed by atoms with van der Waals surface area (Å²) >= 11 is 0. The molecule has 0 aliphatic carbocycles. The zero-order chi connectivity index (χ0) is 23.9. The molecule has 0 atom stereocenters. The van der Waals surface area contributed by atoms with E-state index >= 15 is 0 Å². The number of amides is 1. The number of halogens is 1. The lowest BCUT2D eigenvalue weighted by molar-refractivity contribution is 0.0940. The molecular formula is C26H25FN4O3. The van der Waals surface area contributed by atoms with E-state index in [0.29, 0.717) is 29.7 Å². The molecule has 0 spiro atoms. The van der Waals surface area contributed by atoms with Gasteiger partial charge in [-0.2, -0.15) is 0 Å². The van der Waals surface area contributed by atoms with E-state index in [2.05, 4.69) is 20.3 Å². The number of carbonyl (C=O) groups excluding carboxylic acids is 1. The minimum absolute atomic E-state index is 0.0806. The number of aromatic amines is 2. The van der Waals surface area contributed by atoms with Gasteiger partial charge in [-0.1, -0.05) is 48.5 Å². The maximum Gasteiger partial charge on any atom is 0.287 e. The first-order valence-corrected chi connectivity index (χ1v) is 10.9. The van der Waals surface area contributed by atoms with Crippen molar-refractivity contribution < 1.29 is 13.9 Å². The molecule has 0 bridgehead atoms. The zero-order valence-electron chi connectivity index (χ0n) is 18.7. The number of pyridine rings is 1. The van der Waals surface area contributed by atoms with Gasteiger partial charge in [0.05, 0.1) is 5.69 Å². The summed E-state index contributed by atoms with van der Waals surface area (Å²) in [5, 5.41) is 2.79. The number of aryl methyl sites for hydroxylation is 1. The fourth-order valence-electron chi connectivity index (χ4n) is 3.67. The summed E-state index contributed by atoms with van der Waals surface area (Å²) in [5.41, 5.74) is 4.98. The molecule has 0 aliphatic rings. The second kappa shape index (κ2) is 10.6. The van der Waals surface area contributed by atoms with Crippen LogP contribution in [0.15, 0.2) is 71.7 Å². The third-order valence-electron chi connectivity index (χ3n) is 5.51. The van der Waals surface area contributed by atoms with E-state index in [1.165, 1.54) is 0 Å². The molecule has 2 heterocycles. The van der Waals surface area contributed by atoms with E-state index in [4.69, 9.17) is 4.74 Å². The van der Waals surface area contributed by atoms with Crippen LogP contribution >= 0.6 is 0 Å². The van der Waals surface area contributed by atoms with Crippen molar-refractivity contribution >= 4 is 5.91 Å². The highest BCUT2D eigenvalue weighted by Crippen LogP contribution is 2.18. The van der Waals surface area contributed by atoms with Crippen LogP contribution in [0, 0.1) is 6.92 Å². The molecule has 0 saturated heterocycles. The predicted octanol–water partition coefficient (Wildman–Crippen LogP) is 3.82. The molecule has 0 saturated carbocycles. The zero-order valence-corrected chi connectivity index (χ0v) is 18.7. The van der Waals surface area contributed by atoms with E-state index in [-0.39, 0.29) is 23.8 Å². The molecule has 2 aromatic heterocycles. The molecule has 0 unspecified atom stereocenters. The second-order valence-corrected chi connectivity index (χ2v) is 7.90. The van der Waals surface area contributed by atoms with Gasteiger partial charge in [0.25, 0.3) is 11.5 Å². The topological polar surface area (TPSA) is 99.9 Å². The summed E-state index contributed by atoms with van der Waals surface area (Å²) in [6, 6.07) is 18.6. The van der Waals surface area contributed by atoms with Gasteiger partial charge in [-0.15, -0.1) is 0 Å². The summed E-state index contributed by atoms with van der Waals surface area (Å²) in [4.78, 5) is 34.7. The Hall–Kier alpha value is -4.20. The number of carbonyl (C=O) groups is 1. The molecule has 34 heavy (non-hydrogen) atoms. The Morgan fingerprint density at radius 2 is 1.71 bits per heavy atom. The number of alkyl halides is 1. The number of benzene rings is 2. The number of ether oxygens (including phenoxy) is 1. The Morgan fingerprint density at radius 3 is 2.44 bits per heavy atom. The Labute approximate surface area is 196 Å². The SMILES string of the molecule is Cc1[nH]c(C(=O)NCc2ccccc2OCF)nc1Cc1ccc(Cc2ccc[nH]c2=O)cc1. The average Bonchev–Trinajstić information content (AvgIpc) is 3.21. The normalized spacial score (nSPS) is 10.8. The summed E-state index contributed by atoms with van der Waals surface area (Å²) in [6.45, 7) is 1.13. The molecule has 7 nitrogen and oxygen atoms in total. The van der Waals surface area contributed by atoms with Gasteiger partial charge in [0.1, 0.15) is 5.75 Å². The Balaban J connectivity index is 1.38. The van der Waals surface area contributed by atoms with Crippen molar-refractivity contribution in [3.63, 3.8) is 0 Å². The number of para-hydroxylation sites is 1. The van der Waals surface area contributed by atoms with Crippen molar-refractivity contribution in [3.8, 4) is 5.75 Å². The largest absolute Gasteiger partial charge is 0.463 e. The van der Waals surface area contributed by atoms with Crippen LogP contribution < -0.4 is 15.6 Å². The molecule has 0 fully saturated rings. The third kappa shape index (κ3) is 5.58. The van der Waals surface area contributed by atoms with Gasteiger partial charge in [0.15, 0.2) is 5.82 Å². The lowest BCUT2D eigenvalue weighted by atomic mass is 10.0. The molecule has 3 N–H and O–H groups in total. The van der Waals surface area contributed by atoms with Crippen molar-refractivity contribution in [2.45, 2.75) is 26.3 Å². The van der Waals surface area contributed by atoms with Gasteiger partial charge >= 0.3 is 0 Å². The fourth-order valence-corrected chi connectivity index (χ4v) is 3.67. The lowest BCUT2D eigenvalue weighted by Gasteiger charge is -2.09. The smallest absolute Gasteiger partial charge is 0.287 e. The van der Waals surface area contributed by atoms with Crippen LogP contribution in [0.1, 0.15) is 44.3 Å². The lowest BCUT2D eigenvalue weighted by Crippen LogP contribution is -2.24. The molecule has 0 aliphatic heterocycles. The first kappa shape index (κ1) is 23.0. The van der Waals surface area contributed by atoms with Crippen molar-refractivity contribution in [2.75, 3.05) is 6.86 Å². The van der Waals surface area contributed by atoms with Gasteiger partial charge in [0, 0.05) is 42.4 Å². The van der Waals surface area contributed by atoms with Crippen LogP contribution in [-0.4, -0.2) is 27.7 Å². The number of rotatable bonds is 9. The fraction of sp³-hybridized carbons (Fsp3) is 0.192. The van der Waals surface area contributed by atoms with Crippen LogP contribution in [0.2, 0.25) is 0 Å². The third-order valence-corrected chi connectivity index (χ3v) is 5.51. The summed E-state index contributed by atoms with van der Waals surface area (Å²) in [7, 11) is 0. The van der Waals surface area contributed by atoms with Gasteiger partial charge in [-0.05, 0) is 30.2 Å². The maximum atomic E-state index is 12.6. The van der Waals surface area contributed by atoms with Gasteiger partial charge in [-0.25, -0.2) is 9.37 Å². The summed E-state index contributed by atoms with van der Waals surface area (Å²) in [5.74, 6) is 0.256. The van der Waals surface area contributed by atoms with Crippen molar-refractivity contribution in [3.05, 3.63) is 117 Å². The van der Waals surface area contributed by atoms with E-state index in [0.717, 1.165) is 22.5 Å². The average molecular weight is 461 g/mol. The molecular weight excluding hydrogens is 435 g/mol. The summed E-state index contributed by atoms with van der Waals surface area (Å²) < 4.78 is 17.5. The molecule has 174 valence electrons. The van der Waals surface area contributed by atoms with E-state index in [9.17, 15) is 14.0 Å². The first-order valence-electron chi connectivity index (χ1n) is 10.9. The molecule has 1 amide bonds. The number of hydrogen-bond donors (Lipinski definition) is 3. The van der Waals surface area contributed by atoms with Crippen LogP contribution in [-0.2, 0) is 19.4 Å². The van der Waals surface area contributed by atoms with Crippen LogP contribution in [0.25, 0.3) is 0 Å². The molecule has 0 radical (unpaired) electrons. The second-order valence-electron chi connectivity index (χ2n) is 7.90. The van der Waals surface area contributed by atoms with Gasteiger partial charge < -0.3 is 20.0 Å². The molecule has 8 heteroatoms. The van der Waals surface area contributed by atoms with Crippen LogP contribution in [0.3, 0.4) is 0 Å². The van der Waals surface area contributed by atoms with E-state index < -0.39 is 6.86 Å². The number of imidazole rings is 1. The van der Waals surface area contributed by atoms with E-state index in [1.807, 2.05) is 43.3 Å². The minimum Gasteiger partial charge on any atom is -0.463 e. The Kier molecular flexibility index (Phi) is 7.17. The number of H-pyrrole nitrogens is 2. The van der Waals surface area contributed by atoms with Crippen LogP contribution in [0.5, 0.6) is 5.75 Å². The summed E-state index contributed by atoms with van der Waals surface area (Å²) in [6.07, 6.45) is 2.74. The minimum atomic E-state index is -0.933. The predicted molar refractivity (Wildman–Crippen MR) is 127 cm³/mol. The monoisotopic (exact) mass is 460 g/mol. The van der Waals surface area contributed by atoms with Crippen LogP contribution in [0.4, 0.5) is 4.39 Å². The number of aromatic nitrogens is 3. The highest BCUT2D eigenvalue weighted by Gasteiger charge is 2.15. The van der Waals surface area contributed by atoms with Gasteiger partial charge in [0.2, 0.25) is 6.86 Å². The van der Waals surface area contributed by atoms with Crippen molar-refractivity contribution in [1.82, 2.24) is 20.3 Å². The quantitative estimate of drug-likeness (QED) is 0.354. The standard InChI is InChI=1S/C26H25FN4O3/c1-17-22(14-19-10-8-18(9-11-19)13-20-6-4-12-28-25(20)32)31-24(30-17)26(33)29-15-21-5-2-3-7-23(21)34-16-27/h2-12H,13-16H2,1H3,(H,28,32)(H,29,33)(H,30,31). The molecule has 4 aromatic rings. The molecule has 2 aromatic carbocycles. The van der Waals surface area contributed by atoms with E-state index in [1.54, 1.807) is 30.5 Å². The maximum absolute atomic E-state index is 12.6. The number of nitrogens with one attached hydrogen (secondary N) is 3. The number of hydrogen-bond acceptors (Lipinski definition) is 4. The number of nitrogens with zero attached hydrogens (tertiary/aromatic N) is 1. The molecule has 4 rings (SSSR count). The highest BCUT2D eigenvalue weighted by atomic mass is 19.1. The van der Waals surface area contributed by atoms with Crippen molar-refractivity contribution in [2.24, 2.45) is 0 Å². The Morgan fingerprint density at radius 1 is 1.00 bits per heavy atom. The highest BCUT2D eigenvalue weighted by molar-refractivity contribution is 5.90. The van der Waals surface area contributed by atoms with Gasteiger partial charge in [-0.3, -0.25) is 9.59 Å². The van der Waals surface area contributed by atoms with Crippen molar-refractivity contribution in [1.29, 1.82) is 0 Å². The Bertz CT molecular complexity index is 1330.